The van der Waals surface area contributed by atoms with E-state index in [1.807, 2.05) is 12.1 Å². The number of ether oxygens (including phenoxy) is 2. The zero-order valence-corrected chi connectivity index (χ0v) is 29.5. The molecule has 272 valence electrons. The minimum absolute atomic E-state index is 0.0797. The van der Waals surface area contributed by atoms with Gasteiger partial charge in [-0.3, -0.25) is 4.98 Å². The number of rotatable bonds is 11. The molecular formula is C39H44ClF3N4O4. The Morgan fingerprint density at radius 2 is 1.37 bits per heavy atom. The van der Waals surface area contributed by atoms with Crippen LogP contribution in [-0.2, 0) is 19.3 Å². The van der Waals surface area contributed by atoms with Crippen molar-refractivity contribution in [3.05, 3.63) is 82.5 Å². The fraction of sp³-hybridized carbons (Fsp3) is 0.436. The Morgan fingerprint density at radius 3 is 1.98 bits per heavy atom. The van der Waals surface area contributed by atoms with Gasteiger partial charge in [-0.2, -0.15) is 13.2 Å². The molecule has 0 spiro atoms. The van der Waals surface area contributed by atoms with Crippen LogP contribution in [-0.4, -0.2) is 58.7 Å². The van der Waals surface area contributed by atoms with E-state index >= 15 is 13.2 Å². The van der Waals surface area contributed by atoms with Gasteiger partial charge in [-0.05, 0) is 75.1 Å². The van der Waals surface area contributed by atoms with Gasteiger partial charge in [0.1, 0.15) is 5.75 Å². The summed E-state index contributed by atoms with van der Waals surface area (Å²) in [5, 5.41) is 26.7. The van der Waals surface area contributed by atoms with E-state index in [9.17, 15) is 10.2 Å². The predicted octanol–water partition coefficient (Wildman–Crippen LogP) is 7.95. The van der Waals surface area contributed by atoms with Crippen molar-refractivity contribution in [2.45, 2.75) is 94.9 Å². The van der Waals surface area contributed by atoms with Crippen LogP contribution in [0, 0.1) is 0 Å². The summed E-state index contributed by atoms with van der Waals surface area (Å²) in [6, 6.07) is 15.3. The summed E-state index contributed by atoms with van der Waals surface area (Å²) in [6.45, 7) is 1.00. The maximum absolute atomic E-state index is 15.0. The number of hydrogen-bond acceptors (Lipinski definition) is 8. The Bertz CT molecular complexity index is 1810. The summed E-state index contributed by atoms with van der Waals surface area (Å²) in [5.41, 5.74) is 1.84. The van der Waals surface area contributed by atoms with Crippen molar-refractivity contribution in [1.29, 1.82) is 0 Å². The van der Waals surface area contributed by atoms with Crippen molar-refractivity contribution in [3.8, 4) is 45.3 Å². The summed E-state index contributed by atoms with van der Waals surface area (Å²) < 4.78 is 56.4. The van der Waals surface area contributed by atoms with E-state index in [-0.39, 0.29) is 51.5 Å². The predicted molar refractivity (Wildman–Crippen MR) is 192 cm³/mol. The van der Waals surface area contributed by atoms with Gasteiger partial charge in [0.25, 0.3) is 0 Å². The number of hydrogen-bond donors (Lipinski definition) is 4. The van der Waals surface area contributed by atoms with E-state index < -0.39 is 11.7 Å². The van der Waals surface area contributed by atoms with Crippen LogP contribution >= 0.6 is 11.6 Å². The van der Waals surface area contributed by atoms with Gasteiger partial charge in [-0.1, -0.05) is 48.0 Å². The first-order valence-corrected chi connectivity index (χ1v) is 17.8. The molecule has 8 nitrogen and oxygen atoms in total. The van der Waals surface area contributed by atoms with Gasteiger partial charge in [0.2, 0.25) is 5.88 Å². The van der Waals surface area contributed by atoms with Gasteiger partial charge in [0, 0.05) is 59.2 Å². The van der Waals surface area contributed by atoms with E-state index in [0.717, 1.165) is 62.5 Å². The highest BCUT2D eigenvalue weighted by Crippen LogP contribution is 2.46. The molecule has 0 aliphatic heterocycles. The number of methoxy groups -OCH3 is 2. The summed E-state index contributed by atoms with van der Waals surface area (Å²) in [6.07, 6.45) is 2.72. The van der Waals surface area contributed by atoms with E-state index in [0.29, 0.717) is 36.1 Å². The summed E-state index contributed by atoms with van der Waals surface area (Å²) in [5.74, 6) is 0.844. The summed E-state index contributed by atoms with van der Waals surface area (Å²) in [4.78, 5) is 9.00. The molecule has 2 saturated carbocycles. The second-order valence-corrected chi connectivity index (χ2v) is 13.8. The molecule has 0 unspecified atom stereocenters. The van der Waals surface area contributed by atoms with Crippen LogP contribution in [0.15, 0.2) is 60.8 Å². The smallest absolute Gasteiger partial charge is 0.417 e. The highest BCUT2D eigenvalue weighted by Gasteiger charge is 2.38. The van der Waals surface area contributed by atoms with Crippen LogP contribution in [0.4, 0.5) is 13.2 Å². The van der Waals surface area contributed by atoms with E-state index in [1.165, 1.54) is 31.5 Å². The van der Waals surface area contributed by atoms with Gasteiger partial charge < -0.3 is 30.3 Å². The number of benzene rings is 2. The second-order valence-electron chi connectivity index (χ2n) is 13.4. The fourth-order valence-electron chi connectivity index (χ4n) is 7.19. The van der Waals surface area contributed by atoms with Gasteiger partial charge in [-0.15, -0.1) is 0 Å². The molecule has 2 aliphatic rings. The number of halogens is 4. The van der Waals surface area contributed by atoms with Crippen molar-refractivity contribution in [3.63, 3.8) is 0 Å². The van der Waals surface area contributed by atoms with Gasteiger partial charge >= 0.3 is 6.18 Å². The average molecular weight is 725 g/mol. The molecule has 4 aromatic rings. The van der Waals surface area contributed by atoms with Crippen molar-refractivity contribution in [2.75, 3.05) is 14.2 Å². The minimum atomic E-state index is -4.74. The number of nitrogens with zero attached hydrogens (tertiary/aromatic N) is 2. The first-order chi connectivity index (χ1) is 24.5. The largest absolute Gasteiger partial charge is 0.496 e. The molecule has 2 aliphatic carbocycles. The third-order valence-corrected chi connectivity index (χ3v) is 10.4. The third-order valence-electron chi connectivity index (χ3n) is 10.1. The average Bonchev–Trinajstić information content (AvgIpc) is 3.13. The quantitative estimate of drug-likeness (QED) is 0.124. The molecule has 0 bridgehead atoms. The van der Waals surface area contributed by atoms with Crippen LogP contribution in [0.2, 0.25) is 5.02 Å². The molecule has 0 radical (unpaired) electrons. The maximum Gasteiger partial charge on any atom is 0.417 e. The standard InChI is InChI=1S/C39H44ClF3N4O4/c1-50-34-20-23(6-7-24(34)21-45-26-9-13-28(48)14-10-26)37-36(40)31(18-19-44-37)30-4-3-5-32(35(30)39(41,42)43)33-17-8-25(38(47-33)51-2)22-46-27-11-15-29(49)16-12-27/h3-8,17-20,26-29,45-46,48-49H,9-16,21-22H2,1-2H3/t26-,27-,28+,29-. The molecule has 2 aromatic carbocycles. The number of alkyl halides is 3. The van der Waals surface area contributed by atoms with Crippen LogP contribution in [0.5, 0.6) is 11.6 Å². The van der Waals surface area contributed by atoms with Gasteiger partial charge in [0.05, 0.1) is 48.4 Å². The Kier molecular flexibility index (Phi) is 11.8. The molecule has 0 saturated heterocycles. The molecule has 2 aromatic heterocycles. The number of aliphatic hydroxyl groups is 2. The number of nitrogens with one attached hydrogen (secondary N) is 2. The zero-order valence-electron chi connectivity index (χ0n) is 28.8. The molecule has 2 heterocycles. The number of aliphatic hydroxyl groups excluding tert-OH is 2. The third kappa shape index (κ3) is 8.67. The van der Waals surface area contributed by atoms with Gasteiger partial charge in [0.15, 0.2) is 0 Å². The molecule has 0 amide bonds. The Balaban J connectivity index is 1.29. The Hall–Kier alpha value is -3.74. The Labute approximate surface area is 301 Å². The summed E-state index contributed by atoms with van der Waals surface area (Å²) in [7, 11) is 3.02. The lowest BCUT2D eigenvalue weighted by Gasteiger charge is -2.26. The lowest BCUT2D eigenvalue weighted by Crippen LogP contribution is -2.34. The Morgan fingerprint density at radius 1 is 0.765 bits per heavy atom. The molecule has 6 rings (SSSR count). The minimum Gasteiger partial charge on any atom is -0.496 e. The molecule has 0 atom stereocenters. The van der Waals surface area contributed by atoms with Crippen molar-refractivity contribution in [2.24, 2.45) is 0 Å². The molecule has 4 N–H and O–H groups in total. The molecule has 51 heavy (non-hydrogen) atoms. The highest BCUT2D eigenvalue weighted by atomic mass is 35.5. The van der Waals surface area contributed by atoms with Crippen LogP contribution in [0.1, 0.15) is 68.1 Å². The summed E-state index contributed by atoms with van der Waals surface area (Å²) >= 11 is 6.92. The van der Waals surface area contributed by atoms with E-state index in [4.69, 9.17) is 21.1 Å². The van der Waals surface area contributed by atoms with Crippen LogP contribution in [0.3, 0.4) is 0 Å². The second kappa shape index (κ2) is 16.3. The number of pyridine rings is 2. The fourth-order valence-corrected chi connectivity index (χ4v) is 7.51. The topological polar surface area (TPSA) is 109 Å². The lowest BCUT2D eigenvalue weighted by atomic mass is 9.92. The van der Waals surface area contributed by atoms with E-state index in [2.05, 4.69) is 20.6 Å². The van der Waals surface area contributed by atoms with Gasteiger partial charge in [-0.25, -0.2) is 4.98 Å². The maximum atomic E-state index is 15.0. The van der Waals surface area contributed by atoms with Crippen LogP contribution in [0.25, 0.3) is 33.6 Å². The monoisotopic (exact) mass is 724 g/mol. The molecule has 12 heteroatoms. The van der Waals surface area contributed by atoms with Crippen LogP contribution < -0.4 is 20.1 Å². The SMILES string of the molecule is COc1cc(-c2nccc(-c3cccc(-c4ccc(CN[C@H]5CC[C@H](O)CC5)c(OC)n4)c3C(F)(F)F)c2Cl)ccc1CN[C@H]1CC[C@@H](O)CC1. The zero-order chi connectivity index (χ0) is 36.1. The van der Waals surface area contributed by atoms with Crippen molar-refractivity contribution in [1.82, 2.24) is 20.6 Å². The lowest BCUT2D eigenvalue weighted by molar-refractivity contribution is -0.136. The first-order valence-electron chi connectivity index (χ1n) is 17.4. The molecule has 2 fully saturated rings. The van der Waals surface area contributed by atoms with Crippen molar-refractivity contribution < 1.29 is 32.9 Å². The normalized spacial score (nSPS) is 21.0. The molecular weight excluding hydrogens is 681 g/mol. The number of aromatic nitrogens is 2. The first kappa shape index (κ1) is 37.0. The van der Waals surface area contributed by atoms with E-state index in [1.54, 1.807) is 31.4 Å². The highest BCUT2D eigenvalue weighted by molar-refractivity contribution is 6.35. The van der Waals surface area contributed by atoms with Crippen molar-refractivity contribution >= 4 is 11.6 Å².